The number of esters is 1. The minimum atomic E-state index is -0.377. The fourth-order valence-corrected chi connectivity index (χ4v) is 4.66. The molecule has 1 heterocycles. The Morgan fingerprint density at radius 2 is 1.57 bits per heavy atom. The predicted octanol–water partition coefficient (Wildman–Crippen LogP) is 6.71. The van der Waals surface area contributed by atoms with Crippen LogP contribution in [0.25, 0.3) is 0 Å². The molecular weight excluding hydrogens is 532 g/mol. The third-order valence-electron chi connectivity index (χ3n) is 6.69. The molecular formula is C34H32N2O6. The number of hydrogen-bond acceptors (Lipinski definition) is 7. The molecule has 0 aliphatic carbocycles. The molecule has 0 saturated carbocycles. The maximum absolute atomic E-state index is 12.4. The number of hydrogen-bond donors (Lipinski definition) is 0. The topological polar surface area (TPSA) is 86.7 Å². The molecule has 1 amide bonds. The zero-order valence-electron chi connectivity index (χ0n) is 23.6. The van der Waals surface area contributed by atoms with Gasteiger partial charge in [-0.05, 0) is 42.8 Å². The fourth-order valence-electron chi connectivity index (χ4n) is 4.66. The molecule has 8 nitrogen and oxygen atoms in total. The Hall–Kier alpha value is -5.11. The average molecular weight is 565 g/mol. The number of benzene rings is 4. The van der Waals surface area contributed by atoms with E-state index < -0.39 is 0 Å². The lowest BCUT2D eigenvalue weighted by Gasteiger charge is -2.18. The first-order chi connectivity index (χ1) is 20.5. The highest BCUT2D eigenvalue weighted by Crippen LogP contribution is 2.36. The van der Waals surface area contributed by atoms with Crippen LogP contribution in [0.15, 0.2) is 102 Å². The van der Waals surface area contributed by atoms with Crippen LogP contribution in [0.5, 0.6) is 17.2 Å². The molecule has 1 fully saturated rings. The van der Waals surface area contributed by atoms with E-state index in [2.05, 4.69) is 0 Å². The van der Waals surface area contributed by atoms with Gasteiger partial charge in [-0.3, -0.25) is 4.79 Å². The van der Waals surface area contributed by atoms with Crippen LogP contribution in [0, 0.1) is 0 Å². The Labute approximate surface area is 245 Å². The van der Waals surface area contributed by atoms with Crippen LogP contribution in [0.2, 0.25) is 0 Å². The van der Waals surface area contributed by atoms with E-state index >= 15 is 0 Å². The number of nitrogens with zero attached hydrogens (tertiary/aromatic N) is 2. The van der Waals surface area contributed by atoms with E-state index in [1.165, 1.54) is 0 Å². The van der Waals surface area contributed by atoms with Gasteiger partial charge in [-0.1, -0.05) is 66.7 Å². The quantitative estimate of drug-likeness (QED) is 0.149. The first kappa shape index (κ1) is 28.4. The number of cyclic esters (lactones) is 1. The summed E-state index contributed by atoms with van der Waals surface area (Å²) in [6.07, 6.45) is -0.270. The molecule has 1 aliphatic heterocycles. The van der Waals surface area contributed by atoms with Crippen LogP contribution in [-0.4, -0.2) is 49.5 Å². The first-order valence-electron chi connectivity index (χ1n) is 13.8. The van der Waals surface area contributed by atoms with Gasteiger partial charge in [0.05, 0.1) is 44.6 Å². The third-order valence-corrected chi connectivity index (χ3v) is 6.69. The molecule has 1 aliphatic rings. The van der Waals surface area contributed by atoms with Gasteiger partial charge in [0.15, 0.2) is 11.5 Å². The van der Waals surface area contributed by atoms with Crippen LogP contribution in [0.4, 0.5) is 10.5 Å². The summed E-state index contributed by atoms with van der Waals surface area (Å²) in [5.74, 6) is 1.15. The van der Waals surface area contributed by atoms with Crippen molar-refractivity contribution in [1.29, 1.82) is 0 Å². The maximum atomic E-state index is 12.4. The number of methoxy groups -OCH3 is 1. The van der Waals surface area contributed by atoms with Gasteiger partial charge in [0.1, 0.15) is 12.4 Å². The lowest BCUT2D eigenvalue weighted by Crippen LogP contribution is -2.23. The molecule has 5 rings (SSSR count). The first-order valence-corrected chi connectivity index (χ1v) is 13.8. The molecule has 8 heteroatoms. The van der Waals surface area contributed by atoms with Crippen LogP contribution >= 0.6 is 0 Å². The standard InChI is InChI=1S/C34H32N2O6/c1-3-40-32(37)21-24-14-16-30(39-2)31(20-24)42-29-17-15-28(22-27(29)23-36-18-19-41-34(36)38)35-33(25-10-6-4-7-11-25)26-12-8-5-9-13-26/h4-17,20,22H,3,18-19,21,23H2,1-2H3. The van der Waals surface area contributed by atoms with Crippen LogP contribution < -0.4 is 9.47 Å². The van der Waals surface area contributed by atoms with Gasteiger partial charge < -0.3 is 23.8 Å². The van der Waals surface area contributed by atoms with E-state index in [9.17, 15) is 9.59 Å². The molecule has 0 bridgehead atoms. The van der Waals surface area contributed by atoms with Crippen molar-refractivity contribution in [3.8, 4) is 17.2 Å². The average Bonchev–Trinajstić information content (AvgIpc) is 3.42. The summed E-state index contributed by atoms with van der Waals surface area (Å²) in [5, 5.41) is 0. The van der Waals surface area contributed by atoms with Crippen molar-refractivity contribution in [2.75, 3.05) is 26.9 Å². The summed E-state index contributed by atoms with van der Waals surface area (Å²) < 4.78 is 22.2. The van der Waals surface area contributed by atoms with E-state index in [4.69, 9.17) is 23.9 Å². The molecule has 1 saturated heterocycles. The molecule has 0 atom stereocenters. The summed E-state index contributed by atoms with van der Waals surface area (Å²) in [6, 6.07) is 30.9. The highest BCUT2D eigenvalue weighted by molar-refractivity contribution is 6.13. The van der Waals surface area contributed by atoms with Crippen molar-refractivity contribution >= 4 is 23.5 Å². The molecule has 0 spiro atoms. The Balaban J connectivity index is 1.54. The molecule has 42 heavy (non-hydrogen) atoms. The number of aliphatic imine (C=N–C) groups is 1. The van der Waals surface area contributed by atoms with E-state index in [0.717, 1.165) is 28.0 Å². The monoisotopic (exact) mass is 564 g/mol. The van der Waals surface area contributed by atoms with Crippen molar-refractivity contribution in [3.05, 3.63) is 119 Å². The van der Waals surface area contributed by atoms with Crippen LogP contribution in [-0.2, 0) is 27.2 Å². The summed E-state index contributed by atoms with van der Waals surface area (Å²) in [4.78, 5) is 31.1. The number of amides is 1. The van der Waals surface area contributed by atoms with E-state index in [-0.39, 0.29) is 25.0 Å². The minimum absolute atomic E-state index is 0.107. The van der Waals surface area contributed by atoms with Gasteiger partial charge >= 0.3 is 12.1 Å². The smallest absolute Gasteiger partial charge is 0.410 e. The van der Waals surface area contributed by atoms with Gasteiger partial charge in [-0.2, -0.15) is 0 Å². The number of carbonyl (C=O) groups is 2. The van der Waals surface area contributed by atoms with Crippen LogP contribution in [0.1, 0.15) is 29.2 Å². The molecule has 0 unspecified atom stereocenters. The Kier molecular flexibility index (Phi) is 9.13. The highest BCUT2D eigenvalue weighted by Gasteiger charge is 2.24. The second kappa shape index (κ2) is 13.5. The lowest BCUT2D eigenvalue weighted by atomic mass is 10.0. The normalized spacial score (nSPS) is 12.4. The van der Waals surface area contributed by atoms with Gasteiger partial charge in [0, 0.05) is 16.7 Å². The van der Waals surface area contributed by atoms with E-state index in [1.807, 2.05) is 78.9 Å². The zero-order chi connectivity index (χ0) is 29.3. The second-order valence-corrected chi connectivity index (χ2v) is 9.59. The van der Waals surface area contributed by atoms with Crippen molar-refractivity contribution in [1.82, 2.24) is 4.90 Å². The van der Waals surface area contributed by atoms with Crippen LogP contribution in [0.3, 0.4) is 0 Å². The van der Waals surface area contributed by atoms with Gasteiger partial charge in [0.2, 0.25) is 0 Å². The number of ether oxygens (including phenoxy) is 4. The maximum Gasteiger partial charge on any atom is 0.410 e. The van der Waals surface area contributed by atoms with E-state index in [1.54, 1.807) is 37.1 Å². The highest BCUT2D eigenvalue weighted by atomic mass is 16.6. The third kappa shape index (κ3) is 6.96. The summed E-state index contributed by atoms with van der Waals surface area (Å²) in [6.45, 7) is 3.17. The number of carbonyl (C=O) groups excluding carboxylic acids is 2. The van der Waals surface area contributed by atoms with Crippen molar-refractivity contribution in [3.63, 3.8) is 0 Å². The van der Waals surface area contributed by atoms with E-state index in [0.29, 0.717) is 42.7 Å². The molecule has 214 valence electrons. The lowest BCUT2D eigenvalue weighted by molar-refractivity contribution is -0.142. The van der Waals surface area contributed by atoms with Gasteiger partial charge in [-0.15, -0.1) is 0 Å². The van der Waals surface area contributed by atoms with Gasteiger partial charge in [0.25, 0.3) is 0 Å². The Bertz CT molecular complexity index is 1530. The summed E-state index contributed by atoms with van der Waals surface area (Å²) in [5.41, 5.74) is 4.97. The van der Waals surface area contributed by atoms with Crippen molar-refractivity contribution < 1.29 is 28.5 Å². The molecule has 0 N–H and O–H groups in total. The molecule has 4 aromatic rings. The zero-order valence-corrected chi connectivity index (χ0v) is 23.6. The predicted molar refractivity (Wildman–Crippen MR) is 160 cm³/mol. The Morgan fingerprint density at radius 1 is 0.881 bits per heavy atom. The SMILES string of the molecule is CCOC(=O)Cc1ccc(OC)c(Oc2ccc(N=C(c3ccccc3)c3ccccc3)cc2CN2CCOC2=O)c1. The van der Waals surface area contributed by atoms with Gasteiger partial charge in [-0.25, -0.2) is 9.79 Å². The Morgan fingerprint density at radius 3 is 2.19 bits per heavy atom. The minimum Gasteiger partial charge on any atom is -0.493 e. The fraction of sp³-hybridized carbons (Fsp3) is 0.206. The van der Waals surface area contributed by atoms with Crippen molar-refractivity contribution in [2.45, 2.75) is 19.9 Å². The van der Waals surface area contributed by atoms with Crippen molar-refractivity contribution in [2.24, 2.45) is 4.99 Å². The second-order valence-electron chi connectivity index (χ2n) is 9.59. The molecule has 0 radical (unpaired) electrons. The molecule has 4 aromatic carbocycles. The number of rotatable bonds is 11. The largest absolute Gasteiger partial charge is 0.493 e. The summed E-state index contributed by atoms with van der Waals surface area (Å²) in [7, 11) is 1.56. The molecule has 0 aromatic heterocycles. The summed E-state index contributed by atoms with van der Waals surface area (Å²) >= 11 is 0.